The van der Waals surface area contributed by atoms with Gasteiger partial charge in [-0.15, -0.1) is 0 Å². The van der Waals surface area contributed by atoms with E-state index in [9.17, 15) is 0 Å². The molecular formula is C22H22N6O2. The largest absolute Gasteiger partial charge is 0.497 e. The van der Waals surface area contributed by atoms with Gasteiger partial charge in [-0.3, -0.25) is 9.97 Å². The van der Waals surface area contributed by atoms with Gasteiger partial charge >= 0.3 is 0 Å². The first-order valence-electron chi connectivity index (χ1n) is 9.51. The fraction of sp³-hybridized carbons (Fsp3) is 0.227. The Morgan fingerprint density at radius 1 is 1.03 bits per heavy atom. The van der Waals surface area contributed by atoms with Crippen molar-refractivity contribution in [3.8, 4) is 28.5 Å². The average molecular weight is 402 g/mol. The number of anilines is 1. The van der Waals surface area contributed by atoms with Gasteiger partial charge in [-0.1, -0.05) is 17.3 Å². The van der Waals surface area contributed by atoms with Crippen molar-refractivity contribution in [3.63, 3.8) is 0 Å². The summed E-state index contributed by atoms with van der Waals surface area (Å²) in [6.45, 7) is 6.30. The van der Waals surface area contributed by atoms with Crippen LogP contribution in [0.3, 0.4) is 0 Å². The minimum absolute atomic E-state index is 0.479. The number of hydrogen-bond donors (Lipinski definition) is 1. The summed E-state index contributed by atoms with van der Waals surface area (Å²) in [5.74, 6) is 1.91. The number of aromatic nitrogens is 5. The number of nitrogens with zero attached hydrogens (tertiary/aromatic N) is 5. The molecule has 4 aromatic rings. The molecule has 30 heavy (non-hydrogen) atoms. The molecule has 8 heteroatoms. The molecule has 152 valence electrons. The van der Waals surface area contributed by atoms with Crippen LogP contribution in [0.15, 0.2) is 47.4 Å². The van der Waals surface area contributed by atoms with Crippen molar-refractivity contribution in [2.75, 3.05) is 12.4 Å². The summed E-state index contributed by atoms with van der Waals surface area (Å²) in [7, 11) is 1.65. The molecule has 4 rings (SSSR count). The van der Waals surface area contributed by atoms with E-state index < -0.39 is 0 Å². The van der Waals surface area contributed by atoms with E-state index in [0.717, 1.165) is 33.8 Å². The molecule has 0 aliphatic carbocycles. The number of ether oxygens (including phenoxy) is 1. The fourth-order valence-corrected chi connectivity index (χ4v) is 2.97. The molecule has 1 aromatic carbocycles. The Labute approximate surface area is 174 Å². The predicted octanol–water partition coefficient (Wildman–Crippen LogP) is 4.13. The van der Waals surface area contributed by atoms with E-state index in [1.807, 2.05) is 45.0 Å². The Morgan fingerprint density at radius 2 is 1.90 bits per heavy atom. The summed E-state index contributed by atoms with van der Waals surface area (Å²) < 4.78 is 10.8. The van der Waals surface area contributed by atoms with Crippen LogP contribution in [0.5, 0.6) is 5.75 Å². The van der Waals surface area contributed by atoms with Crippen LogP contribution >= 0.6 is 0 Å². The van der Waals surface area contributed by atoms with Gasteiger partial charge in [-0.25, -0.2) is 9.97 Å². The van der Waals surface area contributed by atoms with Crippen LogP contribution in [0, 0.1) is 20.8 Å². The lowest BCUT2D eigenvalue weighted by Crippen LogP contribution is -2.06. The van der Waals surface area contributed by atoms with Gasteiger partial charge in [0.05, 0.1) is 30.3 Å². The van der Waals surface area contributed by atoms with Crippen molar-refractivity contribution in [1.29, 1.82) is 0 Å². The first-order chi connectivity index (χ1) is 14.5. The first-order valence-corrected chi connectivity index (χ1v) is 9.51. The molecule has 3 heterocycles. The van der Waals surface area contributed by atoms with Gasteiger partial charge in [0.15, 0.2) is 5.76 Å². The average Bonchev–Trinajstić information content (AvgIpc) is 3.11. The molecule has 0 atom stereocenters. The van der Waals surface area contributed by atoms with E-state index in [1.54, 1.807) is 25.7 Å². The minimum atomic E-state index is 0.479. The van der Waals surface area contributed by atoms with Crippen LogP contribution in [-0.4, -0.2) is 32.2 Å². The number of hydrogen-bond acceptors (Lipinski definition) is 8. The van der Waals surface area contributed by atoms with Crippen molar-refractivity contribution in [1.82, 2.24) is 25.1 Å². The molecule has 0 saturated carbocycles. The highest BCUT2D eigenvalue weighted by molar-refractivity contribution is 5.77. The van der Waals surface area contributed by atoms with Crippen molar-refractivity contribution in [2.45, 2.75) is 27.3 Å². The molecule has 0 bridgehead atoms. The second-order valence-corrected chi connectivity index (χ2v) is 6.93. The van der Waals surface area contributed by atoms with Gasteiger partial charge in [0.2, 0.25) is 5.95 Å². The summed E-state index contributed by atoms with van der Waals surface area (Å²) in [4.78, 5) is 18.0. The van der Waals surface area contributed by atoms with Gasteiger partial charge in [-0.05, 0) is 38.5 Å². The Kier molecular flexibility index (Phi) is 5.38. The maximum Gasteiger partial charge on any atom is 0.223 e. The standard InChI is InChI=1S/C22H22N6O2/c1-13-9-24-19(12-23-13)20-18(21-14(2)15(3)28-30-21)11-26-22(27-20)25-10-16-6-5-7-17(8-16)29-4/h5-9,11-12H,10H2,1-4H3,(H,25,26,27). The molecule has 0 amide bonds. The number of methoxy groups -OCH3 is 1. The van der Waals surface area contributed by atoms with Crippen LogP contribution < -0.4 is 10.1 Å². The highest BCUT2D eigenvalue weighted by Crippen LogP contribution is 2.32. The lowest BCUT2D eigenvalue weighted by atomic mass is 10.1. The summed E-state index contributed by atoms with van der Waals surface area (Å²) in [5, 5.41) is 7.32. The Morgan fingerprint density at radius 3 is 2.60 bits per heavy atom. The second kappa shape index (κ2) is 8.28. The highest BCUT2D eigenvalue weighted by atomic mass is 16.5. The van der Waals surface area contributed by atoms with E-state index in [2.05, 4.69) is 25.4 Å². The summed E-state index contributed by atoms with van der Waals surface area (Å²) in [5.41, 5.74) is 5.64. The Balaban J connectivity index is 1.70. The maximum absolute atomic E-state index is 5.55. The quantitative estimate of drug-likeness (QED) is 0.514. The zero-order chi connectivity index (χ0) is 21.1. The molecule has 0 saturated heterocycles. The van der Waals surface area contributed by atoms with Crippen LogP contribution in [0.1, 0.15) is 22.5 Å². The number of nitrogens with one attached hydrogen (secondary N) is 1. The van der Waals surface area contributed by atoms with Crippen molar-refractivity contribution < 1.29 is 9.26 Å². The summed E-state index contributed by atoms with van der Waals surface area (Å²) in [6.07, 6.45) is 5.14. The normalized spacial score (nSPS) is 10.8. The molecule has 0 unspecified atom stereocenters. The molecule has 0 aliphatic heterocycles. The van der Waals surface area contributed by atoms with Crippen LogP contribution in [0.25, 0.3) is 22.7 Å². The lowest BCUT2D eigenvalue weighted by molar-refractivity contribution is 0.414. The van der Waals surface area contributed by atoms with Gasteiger partial charge in [0.1, 0.15) is 17.1 Å². The van der Waals surface area contributed by atoms with Crippen molar-refractivity contribution in [2.24, 2.45) is 0 Å². The molecule has 0 fully saturated rings. The summed E-state index contributed by atoms with van der Waals surface area (Å²) in [6, 6.07) is 7.83. The van der Waals surface area contributed by atoms with Gasteiger partial charge in [-0.2, -0.15) is 0 Å². The third kappa shape index (κ3) is 3.98. The third-order valence-corrected chi connectivity index (χ3v) is 4.80. The lowest BCUT2D eigenvalue weighted by Gasteiger charge is -2.10. The SMILES string of the molecule is COc1cccc(CNc2ncc(-c3onc(C)c3C)c(-c3cnc(C)cn3)n2)c1. The van der Waals surface area contributed by atoms with Crippen LogP contribution in [0.2, 0.25) is 0 Å². The zero-order valence-corrected chi connectivity index (χ0v) is 17.3. The van der Waals surface area contributed by atoms with Crippen molar-refractivity contribution in [3.05, 3.63) is 65.4 Å². The third-order valence-electron chi connectivity index (χ3n) is 4.80. The second-order valence-electron chi connectivity index (χ2n) is 6.93. The molecule has 3 aromatic heterocycles. The Hall–Kier alpha value is -3.81. The topological polar surface area (TPSA) is 98.8 Å². The van der Waals surface area contributed by atoms with Crippen LogP contribution in [-0.2, 0) is 6.54 Å². The van der Waals surface area contributed by atoms with E-state index in [4.69, 9.17) is 14.2 Å². The van der Waals surface area contributed by atoms with Crippen molar-refractivity contribution >= 4 is 5.95 Å². The fourth-order valence-electron chi connectivity index (χ4n) is 2.97. The van der Waals surface area contributed by atoms with E-state index in [0.29, 0.717) is 29.6 Å². The first kappa shape index (κ1) is 19.5. The highest BCUT2D eigenvalue weighted by Gasteiger charge is 2.19. The maximum atomic E-state index is 5.55. The molecule has 1 N–H and O–H groups in total. The monoisotopic (exact) mass is 402 g/mol. The molecular weight excluding hydrogens is 380 g/mol. The molecule has 0 aliphatic rings. The minimum Gasteiger partial charge on any atom is -0.497 e. The molecule has 0 spiro atoms. The van der Waals surface area contributed by atoms with Gasteiger partial charge in [0, 0.05) is 24.5 Å². The molecule has 0 radical (unpaired) electrons. The van der Waals surface area contributed by atoms with E-state index >= 15 is 0 Å². The molecule has 8 nitrogen and oxygen atoms in total. The smallest absolute Gasteiger partial charge is 0.223 e. The number of aryl methyl sites for hydroxylation is 2. The zero-order valence-electron chi connectivity index (χ0n) is 17.3. The predicted molar refractivity (Wildman–Crippen MR) is 113 cm³/mol. The number of benzene rings is 1. The van der Waals surface area contributed by atoms with E-state index in [1.165, 1.54) is 0 Å². The number of rotatable bonds is 6. The summed E-state index contributed by atoms with van der Waals surface area (Å²) >= 11 is 0. The van der Waals surface area contributed by atoms with Crippen LogP contribution in [0.4, 0.5) is 5.95 Å². The van der Waals surface area contributed by atoms with Gasteiger partial charge in [0.25, 0.3) is 0 Å². The van der Waals surface area contributed by atoms with Gasteiger partial charge < -0.3 is 14.6 Å². The van der Waals surface area contributed by atoms with E-state index in [-0.39, 0.29) is 0 Å². The Bertz CT molecular complexity index is 1170.